The van der Waals surface area contributed by atoms with Crippen molar-refractivity contribution in [3.8, 4) is 0 Å². The second-order valence-corrected chi connectivity index (χ2v) is 6.92. The number of benzene rings is 1. The van der Waals surface area contributed by atoms with Crippen molar-refractivity contribution >= 4 is 0 Å². The highest BCUT2D eigenvalue weighted by atomic mass is 15.1. The molecule has 21 heavy (non-hydrogen) atoms. The third kappa shape index (κ3) is 6.19. The van der Waals surface area contributed by atoms with Gasteiger partial charge in [-0.1, -0.05) is 29.8 Å². The highest BCUT2D eigenvalue weighted by Crippen LogP contribution is 2.18. The van der Waals surface area contributed by atoms with Gasteiger partial charge in [0.1, 0.15) is 0 Å². The van der Waals surface area contributed by atoms with Crippen LogP contribution in [0.4, 0.5) is 0 Å². The van der Waals surface area contributed by atoms with Gasteiger partial charge in [0.15, 0.2) is 0 Å². The molecular formula is C19H32N2. The maximum Gasteiger partial charge on any atom is 0.00418 e. The molecule has 2 nitrogen and oxygen atoms in total. The van der Waals surface area contributed by atoms with E-state index in [1.54, 1.807) is 0 Å². The van der Waals surface area contributed by atoms with Crippen molar-refractivity contribution in [3.05, 3.63) is 35.4 Å². The molecule has 0 aromatic heterocycles. The van der Waals surface area contributed by atoms with Crippen LogP contribution in [0, 0.1) is 12.8 Å². The summed E-state index contributed by atoms with van der Waals surface area (Å²) in [7, 11) is 2.24. The Hall–Kier alpha value is -0.860. The molecule has 1 aromatic rings. The van der Waals surface area contributed by atoms with Crippen molar-refractivity contribution in [2.75, 3.05) is 26.7 Å². The van der Waals surface area contributed by atoms with Gasteiger partial charge in [-0.15, -0.1) is 0 Å². The molecule has 2 rings (SSSR count). The molecule has 1 heterocycles. The molecule has 0 radical (unpaired) electrons. The highest BCUT2D eigenvalue weighted by molar-refractivity contribution is 5.22. The van der Waals surface area contributed by atoms with Crippen molar-refractivity contribution in [1.29, 1.82) is 0 Å². The summed E-state index contributed by atoms with van der Waals surface area (Å²) in [6, 6.07) is 9.52. The van der Waals surface area contributed by atoms with E-state index in [9.17, 15) is 0 Å². The van der Waals surface area contributed by atoms with E-state index in [0.29, 0.717) is 6.04 Å². The van der Waals surface area contributed by atoms with Crippen LogP contribution in [0.15, 0.2) is 24.3 Å². The minimum absolute atomic E-state index is 0.622. The lowest BCUT2D eigenvalue weighted by molar-refractivity contribution is 0.210. The number of rotatable bonds is 7. The molecule has 1 N–H and O–H groups in total. The Morgan fingerprint density at radius 2 is 2.05 bits per heavy atom. The minimum Gasteiger partial charge on any atom is -0.314 e. The van der Waals surface area contributed by atoms with Crippen molar-refractivity contribution in [2.45, 2.75) is 52.0 Å². The number of aryl methyl sites for hydroxylation is 2. The Morgan fingerprint density at radius 3 is 2.76 bits per heavy atom. The van der Waals surface area contributed by atoms with E-state index in [2.05, 4.69) is 55.4 Å². The topological polar surface area (TPSA) is 15.3 Å². The predicted octanol–water partition coefficient (Wildman–Crippen LogP) is 3.64. The highest BCUT2D eigenvalue weighted by Gasteiger charge is 2.16. The van der Waals surface area contributed by atoms with Crippen LogP contribution in [0.1, 0.15) is 43.7 Å². The molecule has 1 fully saturated rings. The quantitative estimate of drug-likeness (QED) is 0.824. The second-order valence-electron chi connectivity index (χ2n) is 6.92. The average molecular weight is 288 g/mol. The van der Waals surface area contributed by atoms with E-state index in [0.717, 1.165) is 5.92 Å². The van der Waals surface area contributed by atoms with Crippen LogP contribution in [-0.2, 0) is 6.42 Å². The zero-order chi connectivity index (χ0) is 15.1. The summed E-state index contributed by atoms with van der Waals surface area (Å²) < 4.78 is 0. The average Bonchev–Trinajstić information content (AvgIpc) is 2.47. The van der Waals surface area contributed by atoms with Crippen molar-refractivity contribution in [2.24, 2.45) is 5.92 Å². The van der Waals surface area contributed by atoms with Crippen molar-refractivity contribution < 1.29 is 0 Å². The second kappa shape index (κ2) is 8.55. The smallest absolute Gasteiger partial charge is 0.00418 e. The summed E-state index contributed by atoms with van der Waals surface area (Å²) in [5, 5.41) is 3.71. The van der Waals surface area contributed by atoms with Crippen LogP contribution in [0.5, 0.6) is 0 Å². The number of piperidine rings is 1. The molecule has 2 heteroatoms. The number of hydrogen-bond donors (Lipinski definition) is 1. The molecule has 1 atom stereocenters. The van der Waals surface area contributed by atoms with Gasteiger partial charge >= 0.3 is 0 Å². The van der Waals surface area contributed by atoms with Gasteiger partial charge in [-0.05, 0) is 84.1 Å². The van der Waals surface area contributed by atoms with Crippen LogP contribution < -0.4 is 5.32 Å². The molecule has 1 aromatic carbocycles. The van der Waals surface area contributed by atoms with Crippen LogP contribution in [0.3, 0.4) is 0 Å². The van der Waals surface area contributed by atoms with Gasteiger partial charge < -0.3 is 10.2 Å². The molecule has 1 saturated heterocycles. The maximum absolute atomic E-state index is 3.71. The molecule has 0 spiro atoms. The Labute approximate surface area is 130 Å². The SMILES string of the molecule is Cc1cccc(CCC(C)NCCC2CCN(C)CC2)c1. The molecule has 1 aliphatic heterocycles. The maximum atomic E-state index is 3.71. The van der Waals surface area contributed by atoms with Gasteiger partial charge in [-0.2, -0.15) is 0 Å². The van der Waals surface area contributed by atoms with Crippen LogP contribution in [0.25, 0.3) is 0 Å². The van der Waals surface area contributed by atoms with Gasteiger partial charge in [-0.3, -0.25) is 0 Å². The summed E-state index contributed by atoms with van der Waals surface area (Å²) in [5.74, 6) is 0.942. The van der Waals surface area contributed by atoms with Gasteiger partial charge in [0, 0.05) is 6.04 Å². The Morgan fingerprint density at radius 1 is 1.29 bits per heavy atom. The van der Waals surface area contributed by atoms with E-state index in [-0.39, 0.29) is 0 Å². The standard InChI is InChI=1S/C19H32N2/c1-16-5-4-6-19(15-16)8-7-17(2)20-12-9-18-10-13-21(3)14-11-18/h4-6,15,17-18,20H,7-14H2,1-3H3. The Balaban J connectivity index is 1.58. The first-order valence-electron chi connectivity index (χ1n) is 8.61. The number of nitrogens with zero attached hydrogens (tertiary/aromatic N) is 1. The van der Waals surface area contributed by atoms with Crippen LogP contribution in [0.2, 0.25) is 0 Å². The molecule has 0 amide bonds. The van der Waals surface area contributed by atoms with E-state index in [4.69, 9.17) is 0 Å². The van der Waals surface area contributed by atoms with Gasteiger partial charge in [0.05, 0.1) is 0 Å². The zero-order valence-corrected chi connectivity index (χ0v) is 14.1. The number of hydrogen-bond acceptors (Lipinski definition) is 2. The summed E-state index contributed by atoms with van der Waals surface area (Å²) in [5.41, 5.74) is 2.84. The van der Waals surface area contributed by atoms with Crippen molar-refractivity contribution in [1.82, 2.24) is 10.2 Å². The summed E-state index contributed by atoms with van der Waals surface area (Å²) in [6.45, 7) is 8.25. The van der Waals surface area contributed by atoms with Gasteiger partial charge in [0.25, 0.3) is 0 Å². The largest absolute Gasteiger partial charge is 0.314 e. The lowest BCUT2D eigenvalue weighted by atomic mass is 9.94. The van der Waals surface area contributed by atoms with E-state index in [1.165, 1.54) is 62.9 Å². The molecule has 0 saturated carbocycles. The summed E-state index contributed by atoms with van der Waals surface area (Å²) in [4.78, 5) is 2.45. The van der Waals surface area contributed by atoms with Crippen LogP contribution in [-0.4, -0.2) is 37.6 Å². The lowest BCUT2D eigenvalue weighted by Gasteiger charge is -2.29. The Kier molecular flexibility index (Phi) is 6.72. The first kappa shape index (κ1) is 16.5. The van der Waals surface area contributed by atoms with Crippen LogP contribution >= 0.6 is 0 Å². The van der Waals surface area contributed by atoms with E-state index >= 15 is 0 Å². The monoisotopic (exact) mass is 288 g/mol. The number of nitrogens with one attached hydrogen (secondary N) is 1. The van der Waals surface area contributed by atoms with Crippen molar-refractivity contribution in [3.63, 3.8) is 0 Å². The molecular weight excluding hydrogens is 256 g/mol. The molecule has 0 bridgehead atoms. The summed E-state index contributed by atoms with van der Waals surface area (Å²) >= 11 is 0. The molecule has 1 unspecified atom stereocenters. The van der Waals surface area contributed by atoms with Gasteiger partial charge in [-0.25, -0.2) is 0 Å². The van der Waals surface area contributed by atoms with E-state index in [1.807, 2.05) is 0 Å². The fourth-order valence-electron chi connectivity index (χ4n) is 3.24. The third-order valence-corrected chi connectivity index (χ3v) is 4.83. The fourth-order valence-corrected chi connectivity index (χ4v) is 3.24. The van der Waals surface area contributed by atoms with E-state index < -0.39 is 0 Å². The Bertz CT molecular complexity index is 408. The third-order valence-electron chi connectivity index (χ3n) is 4.83. The predicted molar refractivity (Wildman–Crippen MR) is 91.8 cm³/mol. The molecule has 118 valence electrons. The first-order valence-corrected chi connectivity index (χ1v) is 8.61. The minimum atomic E-state index is 0.622. The summed E-state index contributed by atoms with van der Waals surface area (Å²) in [6.07, 6.45) is 6.54. The zero-order valence-electron chi connectivity index (χ0n) is 14.1. The van der Waals surface area contributed by atoms with Gasteiger partial charge in [0.2, 0.25) is 0 Å². The fraction of sp³-hybridized carbons (Fsp3) is 0.684. The molecule has 0 aliphatic carbocycles. The molecule has 1 aliphatic rings. The lowest BCUT2D eigenvalue weighted by Crippen LogP contribution is -2.33. The normalized spacial score (nSPS) is 18.8. The number of likely N-dealkylation sites (tertiary alicyclic amines) is 1. The first-order chi connectivity index (χ1) is 10.1.